The van der Waals surface area contributed by atoms with Crippen molar-refractivity contribution < 1.29 is 106 Å². The lowest BCUT2D eigenvalue weighted by atomic mass is 9.89. The normalized spacial score (nSPS) is 16.2. The average Bonchev–Trinajstić information content (AvgIpc) is 0.753. The topological polar surface area (TPSA) is 431 Å². The van der Waals surface area contributed by atoms with E-state index in [0.717, 1.165) is 28.7 Å². The molecular formula is C98H100ClFN10O22. The molecule has 0 saturated heterocycles. The van der Waals surface area contributed by atoms with E-state index in [1.807, 2.05) is 36.4 Å². The molecule has 3 heterocycles. The molecule has 10 aromatic rings. The number of nitro groups is 1. The highest BCUT2D eigenvalue weighted by Gasteiger charge is 2.44. The Morgan fingerprint density at radius 1 is 0.644 bits per heavy atom. The van der Waals surface area contributed by atoms with Gasteiger partial charge >= 0.3 is 11.8 Å². The zero-order valence-corrected chi connectivity index (χ0v) is 74.2. The van der Waals surface area contributed by atoms with Crippen molar-refractivity contribution >= 4 is 70.6 Å². The van der Waals surface area contributed by atoms with Crippen molar-refractivity contribution in [2.75, 3.05) is 34.9 Å². The zero-order chi connectivity index (χ0) is 94.8. The number of hydrogen-bond donors (Lipinski definition) is 11. The number of aromatic hydroxyl groups is 1. The number of halogens is 2. The van der Waals surface area contributed by atoms with E-state index in [0.29, 0.717) is 45.9 Å². The predicted molar refractivity (Wildman–Crippen MR) is 483 cm³/mol. The molecule has 3 aliphatic heterocycles. The standard InChI is InChI=1S/C98H100ClFN10O22/c1-11-41-127-89-74(111)46-63-47-78(89)131-76-40-33-61(44-69(76)99)87(113)86-96(121)106-84(92(117)101-7)68-48-66(128-51-55-21-15-12-16-22-55)49-77(130-53-57-25-19-14-20-26-57)80(68)67-43-60(32-39-75(67)129-52-56-23-17-13-18-24-56)82(93(118)108-86)105-94(119)83(63)104-90(115)71(50-79(112)103-81(58-27-34-64(125-9)35-28-58)59-29-36-65(126-10)37-30-59)102-95(120)85(88(114)62-31-38-70(100)72(45-62)110(123)124)107-91(116)73(42-54(2)3)109(8)97(122)132-98(4,5)6/h11-40,43-49,54,71,73,81-88,111,113-114H,1,41-42,50-53H2,2-10H3,(H,101,117)(H,102,120)(H,103,112)(H,104,115)(H,105,119)(H,106,121)(H,107,116)(H,108,118)/t71-,73+,82+,83+,84-,85+,86-,87+,88+/m0/s1. The number of amides is 9. The van der Waals surface area contributed by atoms with Gasteiger partial charge in [-0.25, -0.2) is 4.79 Å². The second-order valence-electron chi connectivity index (χ2n) is 32.5. The summed E-state index contributed by atoms with van der Waals surface area (Å²) in [6.45, 7) is 11.3. The van der Waals surface area contributed by atoms with Crippen molar-refractivity contribution in [3.63, 3.8) is 0 Å². The molecule has 0 aromatic heterocycles. The maximum Gasteiger partial charge on any atom is 0.410 e. The van der Waals surface area contributed by atoms with Crippen molar-refractivity contribution in [2.45, 2.75) is 133 Å². The number of aliphatic hydroxyl groups is 2. The van der Waals surface area contributed by atoms with E-state index >= 15 is 42.7 Å². The number of phenolic OH excluding ortho intramolecular Hbond substituents is 1. The first-order chi connectivity index (χ1) is 63.2. The van der Waals surface area contributed by atoms with Crippen molar-refractivity contribution in [3.05, 3.63) is 308 Å². The summed E-state index contributed by atoms with van der Waals surface area (Å²) in [4.78, 5) is 154. The molecule has 32 nitrogen and oxygen atoms in total. The Morgan fingerprint density at radius 3 is 1.80 bits per heavy atom. The Balaban J connectivity index is 1.07. The summed E-state index contributed by atoms with van der Waals surface area (Å²) in [5.41, 5.74) is -0.606. The van der Waals surface area contributed by atoms with E-state index in [1.165, 1.54) is 76.9 Å². The number of fused-ring (bicyclic) bond motifs is 8. The molecule has 9 atom stereocenters. The molecule has 688 valence electrons. The summed E-state index contributed by atoms with van der Waals surface area (Å²) >= 11 is 7.13. The molecule has 132 heavy (non-hydrogen) atoms. The first kappa shape index (κ1) is 96.0. The molecule has 8 bridgehead atoms. The van der Waals surface area contributed by atoms with Crippen LogP contribution < -0.4 is 75.7 Å². The number of likely N-dealkylation sites (N-methyl/N-ethyl adjacent to an activating group) is 2. The molecule has 0 saturated carbocycles. The second-order valence-corrected chi connectivity index (χ2v) is 32.9. The molecule has 0 spiro atoms. The number of methoxy groups -OCH3 is 2. The van der Waals surface area contributed by atoms with Crippen molar-refractivity contribution in [2.24, 2.45) is 5.92 Å². The van der Waals surface area contributed by atoms with Crippen LogP contribution >= 0.6 is 11.6 Å². The van der Waals surface area contributed by atoms with Crippen molar-refractivity contribution in [3.8, 4) is 62.9 Å². The third kappa shape index (κ3) is 23.9. The Labute approximate surface area is 764 Å². The number of carbonyl (C=O) groups excluding carboxylic acids is 9. The number of phenols is 1. The van der Waals surface area contributed by atoms with Gasteiger partial charge in [0.2, 0.25) is 58.8 Å². The van der Waals surface area contributed by atoms with Gasteiger partial charge in [0.25, 0.3) is 0 Å². The number of nitrogens with one attached hydrogen (secondary N) is 8. The number of nitro benzene ring substituents is 1. The minimum atomic E-state index is -2.44. The Hall–Kier alpha value is -15.1. The van der Waals surface area contributed by atoms with Gasteiger partial charge < -0.3 is 95.7 Å². The Kier molecular flexibility index (Phi) is 31.5. The van der Waals surface area contributed by atoms with E-state index < -0.39 is 177 Å². The van der Waals surface area contributed by atoms with Gasteiger partial charge in [-0.2, -0.15) is 4.39 Å². The first-order valence-corrected chi connectivity index (χ1v) is 42.4. The van der Waals surface area contributed by atoms with E-state index in [1.54, 1.807) is 144 Å². The average molecular weight is 1820 g/mol. The first-order valence-electron chi connectivity index (χ1n) is 42.0. The number of benzene rings is 10. The summed E-state index contributed by atoms with van der Waals surface area (Å²) in [5, 5.41) is 71.3. The van der Waals surface area contributed by atoms with Gasteiger partial charge in [-0.15, -0.1) is 0 Å². The van der Waals surface area contributed by atoms with Crippen LogP contribution in [0.25, 0.3) is 11.1 Å². The molecule has 11 N–H and O–H groups in total. The van der Waals surface area contributed by atoms with Crippen LogP contribution in [0.4, 0.5) is 14.9 Å². The number of rotatable bonds is 32. The number of nitrogens with zero attached hydrogens (tertiary/aromatic N) is 2. The highest BCUT2D eigenvalue weighted by atomic mass is 35.5. The SMILES string of the molecule is C=CCOc1c(O)cc2cc1Oc1ccc(cc1Cl)[C@@H](O)[C@@H]1NC(=O)[C@H](NC(=O)[C@@H]2NC(=O)[C@H](CC(=O)NC(c2ccc(OC)cc2)c2ccc(OC)cc2)NC(=O)[C@H](NC(=O)[C@@H](CC(C)C)N(C)C(=O)OC(C)(C)C)[C@H](O)c2ccc(F)c([N+](=O)[O-])c2)c2ccc(OCc3ccccc3)c(c2)-c2c(OCc3ccccc3)cc(OCc3ccccc3)cc2[C@@H](C(=O)NC)NC1=O. The van der Waals surface area contributed by atoms with Gasteiger partial charge in [0, 0.05) is 37.4 Å². The van der Waals surface area contributed by atoms with Gasteiger partial charge in [-0.05, 0) is 162 Å². The van der Waals surface area contributed by atoms with Crippen molar-refractivity contribution in [1.82, 2.24) is 47.4 Å². The molecule has 34 heteroatoms. The molecule has 0 fully saturated rings. The monoisotopic (exact) mass is 1820 g/mol. The van der Waals surface area contributed by atoms with Crippen LogP contribution in [0.3, 0.4) is 0 Å². The van der Waals surface area contributed by atoms with Gasteiger partial charge in [0.15, 0.2) is 11.5 Å². The minimum absolute atomic E-state index is 0.00402. The zero-order valence-electron chi connectivity index (χ0n) is 73.4. The fourth-order valence-corrected chi connectivity index (χ4v) is 15.1. The van der Waals surface area contributed by atoms with E-state index in [2.05, 4.69) is 49.1 Å². The Morgan fingerprint density at radius 2 is 1.23 bits per heavy atom. The third-order valence-electron chi connectivity index (χ3n) is 21.6. The summed E-state index contributed by atoms with van der Waals surface area (Å²) in [7, 11) is 5.44. The summed E-state index contributed by atoms with van der Waals surface area (Å²) in [5.74, 6) is -12.7. The maximum atomic E-state index is 16.8. The fraction of sp³-hybridized carbons (Fsp3) is 0.276. The molecule has 0 radical (unpaired) electrons. The largest absolute Gasteiger partial charge is 0.504 e. The lowest BCUT2D eigenvalue weighted by molar-refractivity contribution is -0.387. The van der Waals surface area contributed by atoms with Gasteiger partial charge in [0.1, 0.15) is 121 Å². The van der Waals surface area contributed by atoms with Gasteiger partial charge in [-0.3, -0.25) is 53.4 Å². The molecule has 0 aliphatic carbocycles. The Bertz CT molecular complexity index is 5850. The molecule has 0 unspecified atom stereocenters. The van der Waals surface area contributed by atoms with E-state index in [4.69, 9.17) is 49.5 Å². The van der Waals surface area contributed by atoms with Crippen molar-refractivity contribution in [1.29, 1.82) is 0 Å². The molecule has 13 rings (SSSR count). The third-order valence-corrected chi connectivity index (χ3v) is 21.9. The van der Waals surface area contributed by atoms with Gasteiger partial charge in [0.05, 0.1) is 36.6 Å². The minimum Gasteiger partial charge on any atom is -0.504 e. The number of ether oxygens (including phenoxy) is 8. The molecule has 10 aromatic carbocycles. The van der Waals surface area contributed by atoms with Gasteiger partial charge in [-0.1, -0.05) is 172 Å². The number of carbonyl (C=O) groups is 9. The maximum absolute atomic E-state index is 16.8. The molecule has 9 amide bonds. The van der Waals surface area contributed by atoms with Crippen LogP contribution in [-0.4, -0.2) is 143 Å². The molecule has 3 aliphatic rings. The smallest absolute Gasteiger partial charge is 0.410 e. The number of aliphatic hydroxyl groups excluding tert-OH is 2. The van der Waals surface area contributed by atoms with Crippen LogP contribution in [0.15, 0.2) is 231 Å². The van der Waals surface area contributed by atoms with E-state index in [-0.39, 0.29) is 88.7 Å². The summed E-state index contributed by atoms with van der Waals surface area (Å²) in [6.07, 6.45) is -5.57. The predicted octanol–water partition coefficient (Wildman–Crippen LogP) is 12.6. The lowest BCUT2D eigenvalue weighted by Crippen LogP contribution is -2.60. The van der Waals surface area contributed by atoms with E-state index in [9.17, 15) is 30.2 Å². The quantitative estimate of drug-likeness (QED) is 0.0106. The van der Waals surface area contributed by atoms with Crippen LogP contribution in [0, 0.1) is 21.8 Å². The fourth-order valence-electron chi connectivity index (χ4n) is 14.8. The number of hydrogen-bond acceptors (Lipinski definition) is 22. The van der Waals surface area contributed by atoms with Crippen LogP contribution in [-0.2, 0) is 62.9 Å². The highest BCUT2D eigenvalue weighted by molar-refractivity contribution is 6.32. The van der Waals surface area contributed by atoms with Crippen LogP contribution in [0.5, 0.6) is 51.7 Å². The van der Waals surface area contributed by atoms with Crippen LogP contribution in [0.1, 0.15) is 139 Å². The van der Waals surface area contributed by atoms with Crippen LogP contribution in [0.2, 0.25) is 5.02 Å². The highest BCUT2D eigenvalue weighted by Crippen LogP contribution is 2.48. The summed E-state index contributed by atoms with van der Waals surface area (Å²) < 4.78 is 64.6. The lowest BCUT2D eigenvalue weighted by Gasteiger charge is -2.33. The summed E-state index contributed by atoms with van der Waals surface area (Å²) in [6, 6.07) is 39.4. The second kappa shape index (κ2) is 43.3. The molecular weight excluding hydrogens is 1720 g/mol.